The molecule has 1 atom stereocenters. The van der Waals surface area contributed by atoms with Gasteiger partial charge in [0.25, 0.3) is 0 Å². The zero-order chi connectivity index (χ0) is 14.5. The Bertz CT molecular complexity index is 592. The molecule has 2 rings (SSSR count). The fourth-order valence-electron chi connectivity index (χ4n) is 1.80. The summed E-state index contributed by atoms with van der Waals surface area (Å²) >= 11 is 7.70. The molecular formula is C15H16ClFN2S. The molecule has 20 heavy (non-hydrogen) atoms. The molecule has 2 aromatic carbocycles. The molecule has 0 saturated heterocycles. The molecule has 3 N–H and O–H groups in total. The Morgan fingerprint density at radius 3 is 2.70 bits per heavy atom. The maximum absolute atomic E-state index is 13.6. The monoisotopic (exact) mass is 310 g/mol. The first-order chi connectivity index (χ1) is 9.61. The van der Waals surface area contributed by atoms with Gasteiger partial charge in [-0.15, -0.1) is 11.8 Å². The van der Waals surface area contributed by atoms with Crippen LogP contribution in [0.1, 0.15) is 17.2 Å². The zero-order valence-electron chi connectivity index (χ0n) is 11.1. The first kappa shape index (κ1) is 15.3. The Morgan fingerprint density at radius 1 is 1.30 bits per heavy atom. The van der Waals surface area contributed by atoms with Gasteiger partial charge in [-0.05, 0) is 36.2 Å². The smallest absolute Gasteiger partial charge is 0.126 e. The number of hydrazine groups is 1. The molecule has 2 aromatic rings. The molecule has 0 saturated carbocycles. The number of benzene rings is 2. The second-order valence-electron chi connectivity index (χ2n) is 4.47. The summed E-state index contributed by atoms with van der Waals surface area (Å²) in [5.41, 5.74) is 4.18. The van der Waals surface area contributed by atoms with E-state index in [-0.39, 0.29) is 11.9 Å². The summed E-state index contributed by atoms with van der Waals surface area (Å²) in [5, 5.41) is 0.711. The number of halogens is 2. The normalized spacial score (nSPS) is 12.4. The van der Waals surface area contributed by atoms with E-state index in [0.717, 1.165) is 10.5 Å². The van der Waals surface area contributed by atoms with Crippen molar-refractivity contribution in [2.24, 2.45) is 5.84 Å². The van der Waals surface area contributed by atoms with Crippen LogP contribution in [0.5, 0.6) is 0 Å². The molecule has 0 aliphatic rings. The minimum atomic E-state index is -0.217. The van der Waals surface area contributed by atoms with Crippen LogP contribution in [0.4, 0.5) is 4.39 Å². The summed E-state index contributed by atoms with van der Waals surface area (Å²) in [6.45, 7) is 1.74. The molecule has 0 radical (unpaired) electrons. The molecule has 0 bridgehead atoms. The van der Waals surface area contributed by atoms with Crippen molar-refractivity contribution in [1.29, 1.82) is 0 Å². The van der Waals surface area contributed by atoms with Crippen LogP contribution in [0.25, 0.3) is 0 Å². The molecule has 0 aliphatic heterocycles. The maximum atomic E-state index is 13.6. The number of rotatable bonds is 5. The van der Waals surface area contributed by atoms with Crippen molar-refractivity contribution in [3.8, 4) is 0 Å². The van der Waals surface area contributed by atoms with Crippen LogP contribution in [-0.2, 0) is 0 Å². The van der Waals surface area contributed by atoms with E-state index >= 15 is 0 Å². The summed E-state index contributed by atoms with van der Waals surface area (Å²) in [4.78, 5) is 0.988. The van der Waals surface area contributed by atoms with Crippen LogP contribution < -0.4 is 11.3 Å². The third-order valence-corrected chi connectivity index (χ3v) is 4.65. The Labute approximate surface area is 127 Å². The number of thioether (sulfide) groups is 1. The topological polar surface area (TPSA) is 38.0 Å². The lowest BCUT2D eigenvalue weighted by molar-refractivity contribution is 0.587. The van der Waals surface area contributed by atoms with E-state index in [4.69, 9.17) is 17.4 Å². The van der Waals surface area contributed by atoms with Gasteiger partial charge in [0, 0.05) is 10.6 Å². The standard InChI is InChI=1S/C15H16ClFN2S/c1-10-6-7-11(8-13(10)17)14(19-18)9-20-15-5-3-2-4-12(15)16/h2-8,14,19H,9,18H2,1H3. The van der Waals surface area contributed by atoms with Gasteiger partial charge in [-0.3, -0.25) is 11.3 Å². The maximum Gasteiger partial charge on any atom is 0.126 e. The van der Waals surface area contributed by atoms with Crippen molar-refractivity contribution in [3.05, 3.63) is 64.4 Å². The number of hydrogen-bond donors (Lipinski definition) is 2. The Kier molecular flexibility index (Phi) is 5.43. The minimum Gasteiger partial charge on any atom is -0.271 e. The lowest BCUT2D eigenvalue weighted by Crippen LogP contribution is -2.29. The number of aryl methyl sites for hydroxylation is 1. The fourth-order valence-corrected chi connectivity index (χ4v) is 3.12. The van der Waals surface area contributed by atoms with Crippen molar-refractivity contribution < 1.29 is 4.39 Å². The molecule has 1 unspecified atom stereocenters. The van der Waals surface area contributed by atoms with Crippen LogP contribution in [-0.4, -0.2) is 5.75 Å². The van der Waals surface area contributed by atoms with Gasteiger partial charge in [-0.25, -0.2) is 4.39 Å². The van der Waals surface area contributed by atoms with Gasteiger partial charge < -0.3 is 0 Å². The fraction of sp³-hybridized carbons (Fsp3) is 0.200. The van der Waals surface area contributed by atoms with E-state index < -0.39 is 0 Å². The van der Waals surface area contributed by atoms with E-state index in [0.29, 0.717) is 16.3 Å². The second kappa shape index (κ2) is 7.09. The Balaban J connectivity index is 2.09. The third kappa shape index (κ3) is 3.73. The molecular weight excluding hydrogens is 295 g/mol. The highest BCUT2D eigenvalue weighted by molar-refractivity contribution is 7.99. The molecule has 0 spiro atoms. The third-order valence-electron chi connectivity index (χ3n) is 3.04. The SMILES string of the molecule is Cc1ccc(C(CSc2ccccc2Cl)NN)cc1F. The summed E-state index contributed by atoms with van der Waals surface area (Å²) in [5.74, 6) is 6.03. The first-order valence-electron chi connectivity index (χ1n) is 6.21. The van der Waals surface area contributed by atoms with E-state index in [1.54, 1.807) is 24.8 Å². The molecule has 0 amide bonds. The first-order valence-corrected chi connectivity index (χ1v) is 7.57. The van der Waals surface area contributed by atoms with Crippen LogP contribution in [0.15, 0.2) is 47.4 Å². The van der Waals surface area contributed by atoms with Crippen molar-refractivity contribution in [1.82, 2.24) is 5.43 Å². The van der Waals surface area contributed by atoms with E-state index in [2.05, 4.69) is 5.43 Å². The summed E-state index contributed by atoms with van der Waals surface area (Å²) in [6.07, 6.45) is 0. The molecule has 0 aromatic heterocycles. The lowest BCUT2D eigenvalue weighted by atomic mass is 10.1. The van der Waals surface area contributed by atoms with Gasteiger partial charge in [0.2, 0.25) is 0 Å². The highest BCUT2D eigenvalue weighted by atomic mass is 35.5. The van der Waals surface area contributed by atoms with Gasteiger partial charge in [0.05, 0.1) is 11.1 Å². The molecule has 5 heteroatoms. The number of nitrogens with one attached hydrogen (secondary N) is 1. The summed E-state index contributed by atoms with van der Waals surface area (Å²) in [6, 6.07) is 12.7. The van der Waals surface area contributed by atoms with E-state index in [9.17, 15) is 4.39 Å². The zero-order valence-corrected chi connectivity index (χ0v) is 12.6. The molecule has 0 heterocycles. The largest absolute Gasteiger partial charge is 0.271 e. The Morgan fingerprint density at radius 2 is 2.05 bits per heavy atom. The molecule has 2 nitrogen and oxygen atoms in total. The van der Waals surface area contributed by atoms with Crippen molar-refractivity contribution in [2.45, 2.75) is 17.9 Å². The average molecular weight is 311 g/mol. The van der Waals surface area contributed by atoms with Crippen LogP contribution >= 0.6 is 23.4 Å². The van der Waals surface area contributed by atoms with Crippen molar-refractivity contribution in [2.75, 3.05) is 5.75 Å². The predicted octanol–water partition coefficient (Wildman–Crippen LogP) is 4.08. The van der Waals surface area contributed by atoms with E-state index in [1.807, 2.05) is 30.3 Å². The molecule has 0 fully saturated rings. The van der Waals surface area contributed by atoms with Crippen LogP contribution in [0, 0.1) is 12.7 Å². The van der Waals surface area contributed by atoms with Crippen molar-refractivity contribution >= 4 is 23.4 Å². The molecule has 0 aliphatic carbocycles. The van der Waals surface area contributed by atoms with Gasteiger partial charge in [-0.2, -0.15) is 0 Å². The average Bonchev–Trinajstić information content (AvgIpc) is 2.45. The second-order valence-corrected chi connectivity index (χ2v) is 5.94. The minimum absolute atomic E-state index is 0.133. The van der Waals surface area contributed by atoms with Gasteiger partial charge >= 0.3 is 0 Å². The van der Waals surface area contributed by atoms with Crippen molar-refractivity contribution in [3.63, 3.8) is 0 Å². The van der Waals surface area contributed by atoms with Crippen LogP contribution in [0.2, 0.25) is 5.02 Å². The summed E-state index contributed by atoms with van der Waals surface area (Å²) in [7, 11) is 0. The highest BCUT2D eigenvalue weighted by Crippen LogP contribution is 2.30. The van der Waals surface area contributed by atoms with Gasteiger partial charge in [0.1, 0.15) is 5.82 Å². The summed E-state index contributed by atoms with van der Waals surface area (Å²) < 4.78 is 13.6. The van der Waals surface area contributed by atoms with Gasteiger partial charge in [-0.1, -0.05) is 35.9 Å². The highest BCUT2D eigenvalue weighted by Gasteiger charge is 2.12. The molecule has 106 valence electrons. The lowest BCUT2D eigenvalue weighted by Gasteiger charge is -2.17. The predicted molar refractivity (Wildman–Crippen MR) is 83.4 cm³/mol. The van der Waals surface area contributed by atoms with E-state index in [1.165, 1.54) is 6.07 Å². The quantitative estimate of drug-likeness (QED) is 0.496. The number of hydrogen-bond acceptors (Lipinski definition) is 3. The van der Waals surface area contributed by atoms with Gasteiger partial charge in [0.15, 0.2) is 0 Å². The Hall–Kier alpha value is -1.07. The number of nitrogens with two attached hydrogens (primary N) is 1. The van der Waals surface area contributed by atoms with Crippen LogP contribution in [0.3, 0.4) is 0 Å².